The zero-order valence-electron chi connectivity index (χ0n) is 11.9. The lowest BCUT2D eigenvalue weighted by Gasteiger charge is -2.36. The van der Waals surface area contributed by atoms with Crippen molar-refractivity contribution >= 4 is 0 Å². The second-order valence-electron chi connectivity index (χ2n) is 5.86. The number of nitrogens with one attached hydrogen (secondary N) is 1. The fourth-order valence-corrected chi connectivity index (χ4v) is 2.90. The van der Waals surface area contributed by atoms with Crippen molar-refractivity contribution in [2.24, 2.45) is 5.92 Å². The molecule has 0 aromatic carbocycles. The fraction of sp³-hybridized carbons (Fsp3) is 0.688. The monoisotopic (exact) mass is 262 g/mol. The molecule has 1 heterocycles. The van der Waals surface area contributed by atoms with Gasteiger partial charge in [-0.15, -0.1) is 0 Å². The maximum Gasteiger partial charge on any atom is 0.0771 e. The number of nitrogens with zero attached hydrogens (tertiary/aromatic N) is 1. The van der Waals surface area contributed by atoms with Gasteiger partial charge in [-0.05, 0) is 56.2 Å². The van der Waals surface area contributed by atoms with Gasteiger partial charge in [0.1, 0.15) is 0 Å². The first-order chi connectivity index (χ1) is 9.22. The Balaban J connectivity index is 1.65. The number of pyridine rings is 1. The summed E-state index contributed by atoms with van der Waals surface area (Å²) in [6.07, 6.45) is 10.2. The van der Waals surface area contributed by atoms with Crippen LogP contribution in [0.5, 0.6) is 0 Å². The summed E-state index contributed by atoms with van der Waals surface area (Å²) in [6.45, 7) is 3.89. The van der Waals surface area contributed by atoms with E-state index in [1.165, 1.54) is 24.8 Å². The third kappa shape index (κ3) is 4.59. The van der Waals surface area contributed by atoms with Gasteiger partial charge in [-0.25, -0.2) is 0 Å². The predicted octanol–water partition coefficient (Wildman–Crippen LogP) is 2.55. The Kier molecular flexibility index (Phi) is 5.34. The van der Waals surface area contributed by atoms with Crippen molar-refractivity contribution in [3.05, 3.63) is 30.1 Å². The molecule has 2 rings (SSSR count). The summed E-state index contributed by atoms with van der Waals surface area (Å²) >= 11 is 0. The molecule has 0 radical (unpaired) electrons. The molecule has 0 bridgehead atoms. The fourth-order valence-electron chi connectivity index (χ4n) is 2.90. The average molecular weight is 262 g/mol. The van der Waals surface area contributed by atoms with Gasteiger partial charge in [0.05, 0.1) is 5.60 Å². The highest BCUT2D eigenvalue weighted by atomic mass is 16.3. The van der Waals surface area contributed by atoms with Gasteiger partial charge in [0.25, 0.3) is 0 Å². The molecule has 19 heavy (non-hydrogen) atoms. The number of aliphatic hydroxyl groups is 1. The number of aromatic nitrogens is 1. The zero-order valence-corrected chi connectivity index (χ0v) is 11.9. The van der Waals surface area contributed by atoms with E-state index in [1.807, 2.05) is 12.3 Å². The molecule has 1 aromatic rings. The van der Waals surface area contributed by atoms with Crippen LogP contribution in [0.1, 0.15) is 44.6 Å². The minimum Gasteiger partial charge on any atom is -0.389 e. The zero-order chi connectivity index (χ0) is 13.6. The van der Waals surface area contributed by atoms with Crippen LogP contribution in [-0.4, -0.2) is 28.8 Å². The first-order valence-electron chi connectivity index (χ1n) is 7.54. The lowest BCUT2D eigenvalue weighted by atomic mass is 9.78. The summed E-state index contributed by atoms with van der Waals surface area (Å²) in [7, 11) is 0. The molecule has 3 nitrogen and oxygen atoms in total. The molecule has 0 amide bonds. The van der Waals surface area contributed by atoms with Gasteiger partial charge in [-0.1, -0.05) is 19.4 Å². The second-order valence-corrected chi connectivity index (χ2v) is 5.86. The number of hydrogen-bond donors (Lipinski definition) is 2. The van der Waals surface area contributed by atoms with Gasteiger partial charge in [-0.2, -0.15) is 0 Å². The molecule has 1 aliphatic rings. The van der Waals surface area contributed by atoms with Crippen molar-refractivity contribution in [2.45, 2.75) is 51.0 Å². The number of hydrogen-bond acceptors (Lipinski definition) is 3. The Labute approximate surface area is 116 Å². The van der Waals surface area contributed by atoms with Crippen molar-refractivity contribution in [3.8, 4) is 0 Å². The normalized spacial score (nSPS) is 27.4. The Morgan fingerprint density at radius 1 is 1.42 bits per heavy atom. The Bertz CT molecular complexity index is 358. The van der Waals surface area contributed by atoms with Crippen LogP contribution >= 0.6 is 0 Å². The molecular formula is C16H26N2O. The van der Waals surface area contributed by atoms with E-state index in [4.69, 9.17) is 0 Å². The summed E-state index contributed by atoms with van der Waals surface area (Å²) in [4.78, 5) is 4.11. The molecule has 0 saturated heterocycles. The topological polar surface area (TPSA) is 45.1 Å². The van der Waals surface area contributed by atoms with Crippen LogP contribution in [-0.2, 0) is 6.42 Å². The third-order valence-electron chi connectivity index (χ3n) is 4.38. The van der Waals surface area contributed by atoms with Crippen molar-refractivity contribution in [3.63, 3.8) is 0 Å². The Morgan fingerprint density at radius 2 is 2.21 bits per heavy atom. The van der Waals surface area contributed by atoms with E-state index in [9.17, 15) is 5.11 Å². The van der Waals surface area contributed by atoms with Crippen molar-refractivity contribution in [1.29, 1.82) is 0 Å². The Morgan fingerprint density at radius 3 is 2.84 bits per heavy atom. The maximum absolute atomic E-state index is 10.5. The molecule has 3 heteroatoms. The summed E-state index contributed by atoms with van der Waals surface area (Å²) in [6, 6.07) is 4.06. The molecule has 1 aliphatic carbocycles. The van der Waals surface area contributed by atoms with E-state index in [2.05, 4.69) is 23.3 Å². The molecule has 0 atom stereocenters. The van der Waals surface area contributed by atoms with Gasteiger partial charge in [0.15, 0.2) is 0 Å². The van der Waals surface area contributed by atoms with Crippen LogP contribution in [0.4, 0.5) is 0 Å². The van der Waals surface area contributed by atoms with Crippen LogP contribution in [0.3, 0.4) is 0 Å². The van der Waals surface area contributed by atoms with Gasteiger partial charge in [-0.3, -0.25) is 4.98 Å². The molecule has 1 saturated carbocycles. The Hall–Kier alpha value is -0.930. The van der Waals surface area contributed by atoms with E-state index in [0.29, 0.717) is 0 Å². The quantitative estimate of drug-likeness (QED) is 0.774. The predicted molar refractivity (Wildman–Crippen MR) is 78.0 cm³/mol. The van der Waals surface area contributed by atoms with Gasteiger partial charge < -0.3 is 10.4 Å². The van der Waals surface area contributed by atoms with Gasteiger partial charge in [0.2, 0.25) is 0 Å². The highest BCUT2D eigenvalue weighted by Crippen LogP contribution is 2.33. The molecule has 0 unspecified atom stereocenters. The van der Waals surface area contributed by atoms with E-state index in [1.54, 1.807) is 6.20 Å². The van der Waals surface area contributed by atoms with Crippen LogP contribution in [0.15, 0.2) is 24.5 Å². The van der Waals surface area contributed by atoms with Crippen LogP contribution in [0.2, 0.25) is 0 Å². The lowest BCUT2D eigenvalue weighted by molar-refractivity contribution is -0.00835. The first kappa shape index (κ1) is 14.5. The van der Waals surface area contributed by atoms with E-state index in [0.717, 1.165) is 38.3 Å². The molecule has 2 N–H and O–H groups in total. The van der Waals surface area contributed by atoms with E-state index in [-0.39, 0.29) is 0 Å². The van der Waals surface area contributed by atoms with Crippen LogP contribution in [0, 0.1) is 5.92 Å². The maximum atomic E-state index is 10.5. The molecule has 0 aliphatic heterocycles. The first-order valence-corrected chi connectivity index (χ1v) is 7.54. The molecule has 1 fully saturated rings. The average Bonchev–Trinajstić information content (AvgIpc) is 2.46. The van der Waals surface area contributed by atoms with Crippen LogP contribution in [0.25, 0.3) is 0 Å². The van der Waals surface area contributed by atoms with Crippen LogP contribution < -0.4 is 5.32 Å². The highest BCUT2D eigenvalue weighted by molar-refractivity contribution is 5.08. The molecule has 106 valence electrons. The van der Waals surface area contributed by atoms with E-state index < -0.39 is 5.60 Å². The minimum absolute atomic E-state index is 0.472. The van der Waals surface area contributed by atoms with Crippen molar-refractivity contribution in [1.82, 2.24) is 10.3 Å². The number of rotatable bonds is 6. The summed E-state index contributed by atoms with van der Waals surface area (Å²) in [5.74, 6) is 0.829. The lowest BCUT2D eigenvalue weighted by Crippen LogP contribution is -2.44. The standard InChI is InChI=1S/C16H26N2O/c1-2-14-5-8-16(19,9-6-14)13-18-11-7-15-4-3-10-17-12-15/h3-4,10,12,14,18-19H,2,5-9,11,13H2,1H3. The minimum atomic E-state index is -0.472. The van der Waals surface area contributed by atoms with Crippen molar-refractivity contribution < 1.29 is 5.11 Å². The summed E-state index contributed by atoms with van der Waals surface area (Å²) in [5.41, 5.74) is 0.775. The molecule has 1 aromatic heterocycles. The van der Waals surface area contributed by atoms with Gasteiger partial charge >= 0.3 is 0 Å². The largest absolute Gasteiger partial charge is 0.389 e. The van der Waals surface area contributed by atoms with E-state index >= 15 is 0 Å². The second kappa shape index (κ2) is 7.01. The highest BCUT2D eigenvalue weighted by Gasteiger charge is 2.31. The van der Waals surface area contributed by atoms with Crippen molar-refractivity contribution in [2.75, 3.05) is 13.1 Å². The SMILES string of the molecule is CCC1CCC(O)(CNCCc2cccnc2)CC1. The molecular weight excluding hydrogens is 236 g/mol. The third-order valence-corrected chi connectivity index (χ3v) is 4.38. The smallest absolute Gasteiger partial charge is 0.0771 e. The molecule has 0 spiro atoms. The summed E-state index contributed by atoms with van der Waals surface area (Å²) < 4.78 is 0. The summed E-state index contributed by atoms with van der Waals surface area (Å²) in [5, 5.41) is 13.9. The van der Waals surface area contributed by atoms with Gasteiger partial charge in [0, 0.05) is 18.9 Å².